The Kier molecular flexibility index (Phi) is 2.96. The molecule has 1 saturated heterocycles. The Hall–Kier alpha value is -2.20. The summed E-state index contributed by atoms with van der Waals surface area (Å²) in [6.45, 7) is 3.26. The van der Waals surface area contributed by atoms with Crippen LogP contribution in [0.15, 0.2) is 48.8 Å². The van der Waals surface area contributed by atoms with Crippen LogP contribution in [0.25, 0.3) is 11.0 Å². The second-order valence-electron chi connectivity index (χ2n) is 8.45. The van der Waals surface area contributed by atoms with Gasteiger partial charge in [0.05, 0.1) is 11.7 Å². The van der Waals surface area contributed by atoms with E-state index in [-0.39, 0.29) is 0 Å². The predicted octanol–water partition coefficient (Wildman–Crippen LogP) is 4.11. The van der Waals surface area contributed by atoms with Gasteiger partial charge in [-0.25, -0.2) is 4.98 Å². The first-order chi connectivity index (χ1) is 12.8. The molecular formula is C22H24N4. The van der Waals surface area contributed by atoms with Crippen molar-refractivity contribution < 1.29 is 0 Å². The highest BCUT2D eigenvalue weighted by atomic mass is 15.3. The van der Waals surface area contributed by atoms with Gasteiger partial charge in [-0.05, 0) is 44.2 Å². The van der Waals surface area contributed by atoms with Crippen LogP contribution in [0.1, 0.15) is 43.1 Å². The Morgan fingerprint density at radius 1 is 1.15 bits per heavy atom. The molecule has 4 atom stereocenters. The molecule has 1 aromatic carbocycles. The highest BCUT2D eigenvalue weighted by molar-refractivity contribution is 5.74. The van der Waals surface area contributed by atoms with Crippen LogP contribution in [0.4, 0.5) is 0 Å². The van der Waals surface area contributed by atoms with Gasteiger partial charge in [0.2, 0.25) is 0 Å². The van der Waals surface area contributed by atoms with Crippen LogP contribution in [0.3, 0.4) is 0 Å². The highest BCUT2D eigenvalue weighted by Gasteiger charge is 2.69. The number of nitrogens with zero attached hydrogens (tertiary/aromatic N) is 4. The van der Waals surface area contributed by atoms with E-state index in [4.69, 9.17) is 4.98 Å². The summed E-state index contributed by atoms with van der Waals surface area (Å²) in [5.74, 6) is 1.14. The maximum Gasteiger partial charge on any atom is 0.107 e. The molecular weight excluding hydrogens is 320 g/mol. The minimum atomic E-state index is 0.579. The molecule has 3 fully saturated rings. The molecule has 0 amide bonds. The van der Waals surface area contributed by atoms with Crippen LogP contribution in [0.5, 0.6) is 0 Å². The number of hydrogen-bond donors (Lipinski definition) is 0. The molecule has 0 radical (unpaired) electrons. The van der Waals surface area contributed by atoms with Gasteiger partial charge in [-0.3, -0.25) is 9.88 Å². The Balaban J connectivity index is 1.32. The van der Waals surface area contributed by atoms with Crippen molar-refractivity contribution in [3.8, 4) is 0 Å². The number of benzene rings is 1. The van der Waals surface area contributed by atoms with Crippen LogP contribution in [-0.4, -0.2) is 31.5 Å². The summed E-state index contributed by atoms with van der Waals surface area (Å²) in [7, 11) is 0. The maximum absolute atomic E-state index is 4.76. The number of aryl methyl sites for hydroxylation is 1. The minimum absolute atomic E-state index is 0.579. The SMILES string of the molecule is Cc1nc2cnccc2n1C1CC2N(Cc3ccccc3)C3CCC32C1. The van der Waals surface area contributed by atoms with Gasteiger partial charge in [0.15, 0.2) is 0 Å². The molecule has 3 aliphatic rings. The number of piperidine rings is 1. The van der Waals surface area contributed by atoms with Crippen molar-refractivity contribution in [3.05, 3.63) is 60.2 Å². The van der Waals surface area contributed by atoms with Crippen LogP contribution in [-0.2, 0) is 6.54 Å². The zero-order valence-corrected chi connectivity index (χ0v) is 15.2. The largest absolute Gasteiger partial charge is 0.325 e. The molecule has 0 N–H and O–H groups in total. The molecule has 26 heavy (non-hydrogen) atoms. The molecule has 2 aromatic heterocycles. The van der Waals surface area contributed by atoms with Crippen molar-refractivity contribution in [1.29, 1.82) is 0 Å². The van der Waals surface area contributed by atoms with Crippen molar-refractivity contribution >= 4 is 11.0 Å². The van der Waals surface area contributed by atoms with Crippen molar-refractivity contribution in [1.82, 2.24) is 19.4 Å². The lowest BCUT2D eigenvalue weighted by molar-refractivity contribution is -0.193. The van der Waals surface area contributed by atoms with E-state index in [1.807, 2.05) is 12.4 Å². The van der Waals surface area contributed by atoms with E-state index in [0.29, 0.717) is 11.5 Å². The van der Waals surface area contributed by atoms with E-state index in [0.717, 1.165) is 30.0 Å². The van der Waals surface area contributed by atoms with E-state index < -0.39 is 0 Å². The minimum Gasteiger partial charge on any atom is -0.325 e. The van der Waals surface area contributed by atoms with Gasteiger partial charge in [-0.15, -0.1) is 0 Å². The zero-order chi connectivity index (χ0) is 17.3. The lowest BCUT2D eigenvalue weighted by Gasteiger charge is -2.68. The van der Waals surface area contributed by atoms with Gasteiger partial charge in [0, 0.05) is 36.3 Å². The number of hydrogen-bond acceptors (Lipinski definition) is 3. The van der Waals surface area contributed by atoms with Gasteiger partial charge >= 0.3 is 0 Å². The number of aromatic nitrogens is 3. The smallest absolute Gasteiger partial charge is 0.107 e. The Morgan fingerprint density at radius 2 is 2.04 bits per heavy atom. The van der Waals surface area contributed by atoms with Gasteiger partial charge in [-0.2, -0.15) is 0 Å². The molecule has 0 bridgehead atoms. The molecule has 2 aliphatic carbocycles. The monoisotopic (exact) mass is 344 g/mol. The number of fused-ring (bicyclic) bond motifs is 1. The van der Waals surface area contributed by atoms with Crippen molar-refractivity contribution in [3.63, 3.8) is 0 Å². The Labute approximate surface area is 153 Å². The fraction of sp³-hybridized carbons (Fsp3) is 0.455. The Morgan fingerprint density at radius 3 is 2.85 bits per heavy atom. The predicted molar refractivity (Wildman–Crippen MR) is 102 cm³/mol. The molecule has 4 heteroatoms. The van der Waals surface area contributed by atoms with E-state index in [1.165, 1.54) is 36.8 Å². The van der Waals surface area contributed by atoms with Crippen LogP contribution in [0.2, 0.25) is 0 Å². The second-order valence-corrected chi connectivity index (χ2v) is 8.45. The standard InChI is InChI=1S/C22H24N4/c1-15-24-18-13-23-10-8-19(18)26(15)17-11-21-22(12-17)9-7-20(22)25(21)14-16-5-3-2-4-6-16/h2-6,8,10,13,17,20-21H,7,9,11-12,14H2,1H3. The molecule has 2 saturated carbocycles. The molecule has 1 aliphatic heterocycles. The fourth-order valence-corrected chi connectivity index (χ4v) is 6.26. The summed E-state index contributed by atoms with van der Waals surface area (Å²) < 4.78 is 2.50. The number of likely N-dealkylation sites (tertiary alicyclic amines) is 1. The van der Waals surface area contributed by atoms with E-state index in [1.54, 1.807) is 0 Å². The first-order valence-corrected chi connectivity index (χ1v) is 9.84. The lowest BCUT2D eigenvalue weighted by Crippen LogP contribution is -2.74. The van der Waals surface area contributed by atoms with Crippen LogP contribution < -0.4 is 0 Å². The molecule has 132 valence electrons. The van der Waals surface area contributed by atoms with Crippen molar-refractivity contribution in [2.75, 3.05) is 0 Å². The van der Waals surface area contributed by atoms with Gasteiger partial charge in [0.1, 0.15) is 11.3 Å². The molecule has 4 nitrogen and oxygen atoms in total. The first kappa shape index (κ1) is 14.9. The zero-order valence-electron chi connectivity index (χ0n) is 15.2. The molecule has 4 unspecified atom stereocenters. The third kappa shape index (κ3) is 1.83. The quantitative estimate of drug-likeness (QED) is 0.717. The van der Waals surface area contributed by atoms with Crippen molar-refractivity contribution in [2.24, 2.45) is 5.41 Å². The summed E-state index contributed by atoms with van der Waals surface area (Å²) in [6, 6.07) is 15.2. The van der Waals surface area contributed by atoms with Gasteiger partial charge in [-0.1, -0.05) is 30.3 Å². The number of rotatable bonds is 3. The maximum atomic E-state index is 4.76. The topological polar surface area (TPSA) is 34.0 Å². The summed E-state index contributed by atoms with van der Waals surface area (Å²) in [5, 5.41) is 0. The molecule has 3 heterocycles. The summed E-state index contributed by atoms with van der Waals surface area (Å²) in [5.41, 5.74) is 4.32. The van der Waals surface area contributed by atoms with Gasteiger partial charge < -0.3 is 4.57 Å². The van der Waals surface area contributed by atoms with Crippen molar-refractivity contribution in [2.45, 2.75) is 57.3 Å². The third-order valence-electron chi connectivity index (χ3n) is 7.36. The highest BCUT2D eigenvalue weighted by Crippen LogP contribution is 2.67. The average molecular weight is 344 g/mol. The van der Waals surface area contributed by atoms with E-state index in [9.17, 15) is 0 Å². The molecule has 1 spiro atoms. The summed E-state index contributed by atoms with van der Waals surface area (Å²) in [4.78, 5) is 11.8. The van der Waals surface area contributed by atoms with E-state index in [2.05, 4.69) is 57.8 Å². The second kappa shape index (κ2) is 5.17. The fourth-order valence-electron chi connectivity index (χ4n) is 6.26. The molecule has 6 rings (SSSR count). The summed E-state index contributed by atoms with van der Waals surface area (Å²) in [6.07, 6.45) is 9.17. The third-order valence-corrected chi connectivity index (χ3v) is 7.36. The average Bonchev–Trinajstić information content (AvgIpc) is 3.18. The Bertz CT molecular complexity index is 978. The van der Waals surface area contributed by atoms with Crippen LogP contribution >= 0.6 is 0 Å². The number of imidazole rings is 1. The normalized spacial score (nSPS) is 32.7. The summed E-state index contributed by atoms with van der Waals surface area (Å²) >= 11 is 0. The first-order valence-electron chi connectivity index (χ1n) is 9.84. The lowest BCUT2D eigenvalue weighted by atomic mass is 9.53. The van der Waals surface area contributed by atoms with Crippen LogP contribution in [0, 0.1) is 12.3 Å². The van der Waals surface area contributed by atoms with E-state index >= 15 is 0 Å². The molecule has 3 aromatic rings. The number of pyridine rings is 1. The van der Waals surface area contributed by atoms with Gasteiger partial charge in [0.25, 0.3) is 0 Å².